The number of aromatic nitrogens is 5. The predicted molar refractivity (Wildman–Crippen MR) is 99.1 cm³/mol. The SMILES string of the molecule is Cc1[nH]ncc1C1CCN(c2cc(-c3nc(C(C)C)no3)ccn2)CC1. The number of pyridine rings is 1. The molecule has 136 valence electrons. The minimum absolute atomic E-state index is 0.249. The number of piperidine rings is 1. The molecular weight excluding hydrogens is 328 g/mol. The fraction of sp³-hybridized carbons (Fsp3) is 0.474. The molecule has 0 amide bonds. The average molecular weight is 352 g/mol. The van der Waals surface area contributed by atoms with Crippen molar-refractivity contribution in [3.05, 3.63) is 41.6 Å². The molecule has 0 atom stereocenters. The second-order valence-corrected chi connectivity index (χ2v) is 7.23. The lowest BCUT2D eigenvalue weighted by atomic mass is 9.90. The van der Waals surface area contributed by atoms with Crippen LogP contribution < -0.4 is 4.90 Å². The van der Waals surface area contributed by atoms with Crippen LogP contribution in [0.2, 0.25) is 0 Å². The van der Waals surface area contributed by atoms with Crippen LogP contribution in [0.4, 0.5) is 5.82 Å². The van der Waals surface area contributed by atoms with E-state index in [1.807, 2.05) is 24.5 Å². The minimum Gasteiger partial charge on any atom is -0.357 e. The number of hydrogen-bond acceptors (Lipinski definition) is 6. The van der Waals surface area contributed by atoms with Gasteiger partial charge in [-0.2, -0.15) is 10.1 Å². The first-order chi connectivity index (χ1) is 12.6. The Morgan fingerprint density at radius 2 is 2.08 bits per heavy atom. The van der Waals surface area contributed by atoms with Gasteiger partial charge in [0.1, 0.15) is 5.82 Å². The summed E-state index contributed by atoms with van der Waals surface area (Å²) in [5, 5.41) is 11.3. The molecular formula is C19H24N6O. The summed E-state index contributed by atoms with van der Waals surface area (Å²) in [6.45, 7) is 8.16. The smallest absolute Gasteiger partial charge is 0.258 e. The van der Waals surface area contributed by atoms with E-state index in [4.69, 9.17) is 4.52 Å². The molecule has 0 unspecified atom stereocenters. The molecule has 26 heavy (non-hydrogen) atoms. The molecule has 1 aliphatic rings. The molecule has 3 aromatic rings. The molecule has 0 radical (unpaired) electrons. The maximum atomic E-state index is 5.42. The topological polar surface area (TPSA) is 83.7 Å². The van der Waals surface area contributed by atoms with E-state index in [0.29, 0.717) is 11.8 Å². The molecule has 0 aromatic carbocycles. The molecule has 1 saturated heterocycles. The fourth-order valence-electron chi connectivity index (χ4n) is 3.50. The monoisotopic (exact) mass is 352 g/mol. The molecule has 4 heterocycles. The molecule has 3 aromatic heterocycles. The second kappa shape index (κ2) is 6.90. The molecule has 7 nitrogen and oxygen atoms in total. The van der Waals surface area contributed by atoms with Crippen molar-refractivity contribution in [3.8, 4) is 11.5 Å². The number of H-pyrrole nitrogens is 1. The van der Waals surface area contributed by atoms with Crippen LogP contribution in [0, 0.1) is 6.92 Å². The van der Waals surface area contributed by atoms with Crippen molar-refractivity contribution in [1.29, 1.82) is 0 Å². The summed E-state index contributed by atoms with van der Waals surface area (Å²) in [5.41, 5.74) is 3.45. The van der Waals surface area contributed by atoms with Crippen LogP contribution in [0.25, 0.3) is 11.5 Å². The van der Waals surface area contributed by atoms with Crippen LogP contribution in [0.1, 0.15) is 55.6 Å². The lowest BCUT2D eigenvalue weighted by Crippen LogP contribution is -2.33. The van der Waals surface area contributed by atoms with Crippen molar-refractivity contribution in [2.45, 2.75) is 45.4 Å². The molecule has 1 aliphatic heterocycles. The van der Waals surface area contributed by atoms with Gasteiger partial charge in [-0.25, -0.2) is 4.98 Å². The standard InChI is InChI=1S/C19H24N6O/c1-12(2)18-22-19(26-24-18)15-4-7-20-17(10-15)25-8-5-14(6-9-25)16-11-21-23-13(16)3/h4,7,10-12,14H,5-6,8-9H2,1-3H3,(H,21,23). The van der Waals surface area contributed by atoms with E-state index in [9.17, 15) is 0 Å². The van der Waals surface area contributed by atoms with E-state index >= 15 is 0 Å². The van der Waals surface area contributed by atoms with Gasteiger partial charge in [-0.15, -0.1) is 0 Å². The van der Waals surface area contributed by atoms with Gasteiger partial charge < -0.3 is 9.42 Å². The van der Waals surface area contributed by atoms with Crippen LogP contribution in [0.5, 0.6) is 0 Å². The van der Waals surface area contributed by atoms with Crippen LogP contribution >= 0.6 is 0 Å². The number of aromatic amines is 1. The van der Waals surface area contributed by atoms with E-state index in [2.05, 4.69) is 51.0 Å². The zero-order valence-electron chi connectivity index (χ0n) is 15.4. The summed E-state index contributed by atoms with van der Waals surface area (Å²) in [5.74, 6) is 3.07. The average Bonchev–Trinajstić information content (AvgIpc) is 3.31. The van der Waals surface area contributed by atoms with Crippen molar-refractivity contribution >= 4 is 5.82 Å². The van der Waals surface area contributed by atoms with Gasteiger partial charge >= 0.3 is 0 Å². The lowest BCUT2D eigenvalue weighted by Gasteiger charge is -2.32. The molecule has 7 heteroatoms. The highest BCUT2D eigenvalue weighted by Gasteiger charge is 2.24. The Bertz CT molecular complexity index is 876. The Kier molecular flexibility index (Phi) is 4.44. The quantitative estimate of drug-likeness (QED) is 0.771. The summed E-state index contributed by atoms with van der Waals surface area (Å²) in [7, 11) is 0. The van der Waals surface area contributed by atoms with Crippen molar-refractivity contribution in [1.82, 2.24) is 25.3 Å². The zero-order valence-corrected chi connectivity index (χ0v) is 15.4. The number of hydrogen-bond donors (Lipinski definition) is 1. The van der Waals surface area contributed by atoms with Gasteiger partial charge in [0.25, 0.3) is 5.89 Å². The van der Waals surface area contributed by atoms with Crippen LogP contribution in [0.15, 0.2) is 29.0 Å². The first-order valence-corrected chi connectivity index (χ1v) is 9.16. The summed E-state index contributed by atoms with van der Waals surface area (Å²) in [6, 6.07) is 3.96. The van der Waals surface area contributed by atoms with Gasteiger partial charge in [0.05, 0.1) is 6.20 Å². The van der Waals surface area contributed by atoms with Crippen LogP contribution in [-0.2, 0) is 0 Å². The maximum Gasteiger partial charge on any atom is 0.258 e. The highest BCUT2D eigenvalue weighted by Crippen LogP contribution is 2.32. The van der Waals surface area contributed by atoms with Gasteiger partial charge in [-0.05, 0) is 43.4 Å². The molecule has 0 bridgehead atoms. The third-order valence-corrected chi connectivity index (χ3v) is 5.08. The minimum atomic E-state index is 0.249. The molecule has 0 saturated carbocycles. The van der Waals surface area contributed by atoms with Crippen LogP contribution in [-0.4, -0.2) is 38.4 Å². The zero-order chi connectivity index (χ0) is 18.1. The number of nitrogens with zero attached hydrogens (tertiary/aromatic N) is 5. The van der Waals surface area contributed by atoms with E-state index in [0.717, 1.165) is 43.1 Å². The van der Waals surface area contributed by atoms with Crippen molar-refractivity contribution < 1.29 is 4.52 Å². The summed E-state index contributed by atoms with van der Waals surface area (Å²) < 4.78 is 5.42. The molecule has 0 aliphatic carbocycles. The van der Waals surface area contributed by atoms with Gasteiger partial charge in [0.15, 0.2) is 5.82 Å². The van der Waals surface area contributed by atoms with Crippen molar-refractivity contribution in [3.63, 3.8) is 0 Å². The van der Waals surface area contributed by atoms with Gasteiger partial charge in [-0.1, -0.05) is 19.0 Å². The predicted octanol–water partition coefficient (Wildman–Crippen LogP) is 3.67. The van der Waals surface area contributed by atoms with Gasteiger partial charge in [0, 0.05) is 36.5 Å². The highest BCUT2D eigenvalue weighted by molar-refractivity contribution is 5.58. The first kappa shape index (κ1) is 16.8. The number of rotatable bonds is 4. The molecule has 1 fully saturated rings. The van der Waals surface area contributed by atoms with Gasteiger partial charge in [-0.3, -0.25) is 5.10 Å². The summed E-state index contributed by atoms with van der Waals surface area (Å²) in [4.78, 5) is 11.4. The van der Waals surface area contributed by atoms with Gasteiger partial charge in [0.2, 0.25) is 0 Å². The fourth-order valence-corrected chi connectivity index (χ4v) is 3.50. The third kappa shape index (κ3) is 3.21. The van der Waals surface area contributed by atoms with E-state index in [1.54, 1.807) is 0 Å². The second-order valence-electron chi connectivity index (χ2n) is 7.23. The largest absolute Gasteiger partial charge is 0.357 e. The Morgan fingerprint density at radius 3 is 2.73 bits per heavy atom. The van der Waals surface area contributed by atoms with Crippen molar-refractivity contribution in [2.24, 2.45) is 0 Å². The van der Waals surface area contributed by atoms with E-state index in [1.165, 1.54) is 11.3 Å². The molecule has 0 spiro atoms. The Balaban J connectivity index is 1.48. The first-order valence-electron chi connectivity index (χ1n) is 9.16. The summed E-state index contributed by atoms with van der Waals surface area (Å²) >= 11 is 0. The molecule has 1 N–H and O–H groups in total. The number of nitrogens with one attached hydrogen (secondary N) is 1. The third-order valence-electron chi connectivity index (χ3n) is 5.08. The molecule has 4 rings (SSSR count). The lowest BCUT2D eigenvalue weighted by molar-refractivity contribution is 0.419. The van der Waals surface area contributed by atoms with Crippen molar-refractivity contribution in [2.75, 3.05) is 18.0 Å². The van der Waals surface area contributed by atoms with E-state index < -0.39 is 0 Å². The maximum absolute atomic E-state index is 5.42. The van der Waals surface area contributed by atoms with Crippen LogP contribution in [0.3, 0.4) is 0 Å². The Morgan fingerprint density at radius 1 is 1.27 bits per heavy atom. The van der Waals surface area contributed by atoms with E-state index in [-0.39, 0.29) is 5.92 Å². The number of aryl methyl sites for hydroxylation is 1. The summed E-state index contributed by atoms with van der Waals surface area (Å²) in [6.07, 6.45) is 5.99. The highest BCUT2D eigenvalue weighted by atomic mass is 16.5. The Labute approximate surface area is 152 Å². The number of anilines is 1. The normalized spacial score (nSPS) is 15.8. The Hall–Kier alpha value is -2.70.